The third kappa shape index (κ3) is 4.06. The van der Waals surface area contributed by atoms with Crippen molar-refractivity contribution in [1.29, 1.82) is 0 Å². The normalized spacial score (nSPS) is 11.8. The van der Waals surface area contributed by atoms with Crippen molar-refractivity contribution >= 4 is 6.09 Å². The number of primary amides is 1. The summed E-state index contributed by atoms with van der Waals surface area (Å²) in [6.07, 6.45) is 1.55. The van der Waals surface area contributed by atoms with Crippen LogP contribution in [-0.4, -0.2) is 22.9 Å². The smallest absolute Gasteiger partial charge is 0.404 e. The SMILES string of the molecule is NC(=O)OCC(Cc1ccccc1)c1cccnn1. The quantitative estimate of drug-likeness (QED) is 0.887. The summed E-state index contributed by atoms with van der Waals surface area (Å²) >= 11 is 0. The predicted octanol–water partition coefficient (Wildman–Crippen LogP) is 1.90. The van der Waals surface area contributed by atoms with Gasteiger partial charge in [-0.05, 0) is 24.1 Å². The molecule has 19 heavy (non-hydrogen) atoms. The van der Waals surface area contributed by atoms with Crippen molar-refractivity contribution in [2.45, 2.75) is 12.3 Å². The van der Waals surface area contributed by atoms with Crippen LogP contribution < -0.4 is 5.73 Å². The van der Waals surface area contributed by atoms with Crippen LogP contribution in [0.2, 0.25) is 0 Å². The number of aromatic nitrogens is 2. The molecule has 0 aliphatic heterocycles. The zero-order valence-electron chi connectivity index (χ0n) is 10.4. The van der Waals surface area contributed by atoms with Crippen LogP contribution in [0.25, 0.3) is 0 Å². The second-order valence-corrected chi connectivity index (χ2v) is 4.17. The minimum Gasteiger partial charge on any atom is -0.449 e. The average Bonchev–Trinajstić information content (AvgIpc) is 2.45. The minimum atomic E-state index is -0.776. The van der Waals surface area contributed by atoms with E-state index in [1.165, 1.54) is 0 Å². The molecule has 2 rings (SSSR count). The largest absolute Gasteiger partial charge is 0.449 e. The minimum absolute atomic E-state index is 0.0522. The molecule has 98 valence electrons. The molecule has 1 amide bonds. The van der Waals surface area contributed by atoms with Gasteiger partial charge in [-0.25, -0.2) is 4.79 Å². The highest BCUT2D eigenvalue weighted by Gasteiger charge is 2.16. The number of rotatable bonds is 5. The van der Waals surface area contributed by atoms with Gasteiger partial charge in [-0.1, -0.05) is 30.3 Å². The molecule has 5 nitrogen and oxygen atoms in total. The van der Waals surface area contributed by atoms with Crippen molar-refractivity contribution in [3.05, 3.63) is 59.9 Å². The van der Waals surface area contributed by atoms with Crippen LogP contribution in [0.15, 0.2) is 48.7 Å². The fraction of sp³-hybridized carbons (Fsp3) is 0.214. The summed E-state index contributed by atoms with van der Waals surface area (Å²) in [6, 6.07) is 13.6. The number of ether oxygens (including phenoxy) is 1. The second kappa shape index (κ2) is 6.49. The Labute approximate surface area is 111 Å². The van der Waals surface area contributed by atoms with Gasteiger partial charge in [-0.2, -0.15) is 10.2 Å². The van der Waals surface area contributed by atoms with Gasteiger partial charge in [-0.3, -0.25) is 0 Å². The molecule has 1 aromatic carbocycles. The fourth-order valence-corrected chi connectivity index (χ4v) is 1.86. The van der Waals surface area contributed by atoms with E-state index < -0.39 is 6.09 Å². The van der Waals surface area contributed by atoms with Crippen molar-refractivity contribution in [2.24, 2.45) is 5.73 Å². The summed E-state index contributed by atoms with van der Waals surface area (Å²) in [6.45, 7) is 0.197. The summed E-state index contributed by atoms with van der Waals surface area (Å²) in [5.41, 5.74) is 6.94. The van der Waals surface area contributed by atoms with Crippen LogP contribution >= 0.6 is 0 Å². The first-order chi connectivity index (χ1) is 9.25. The van der Waals surface area contributed by atoms with E-state index in [0.29, 0.717) is 6.42 Å². The highest BCUT2D eigenvalue weighted by molar-refractivity contribution is 5.64. The van der Waals surface area contributed by atoms with Gasteiger partial charge in [-0.15, -0.1) is 0 Å². The zero-order valence-corrected chi connectivity index (χ0v) is 10.4. The first kappa shape index (κ1) is 13.0. The van der Waals surface area contributed by atoms with Crippen molar-refractivity contribution < 1.29 is 9.53 Å². The molecule has 1 atom stereocenters. The lowest BCUT2D eigenvalue weighted by Gasteiger charge is -2.15. The van der Waals surface area contributed by atoms with Gasteiger partial charge in [0.05, 0.1) is 5.69 Å². The Morgan fingerprint density at radius 2 is 2.00 bits per heavy atom. The molecular weight excluding hydrogens is 242 g/mol. The van der Waals surface area contributed by atoms with E-state index in [1.807, 2.05) is 42.5 Å². The molecule has 0 fully saturated rings. The number of nitrogens with zero attached hydrogens (tertiary/aromatic N) is 2. The van der Waals surface area contributed by atoms with Crippen molar-refractivity contribution in [3.8, 4) is 0 Å². The fourth-order valence-electron chi connectivity index (χ4n) is 1.86. The Morgan fingerprint density at radius 3 is 2.63 bits per heavy atom. The maximum absolute atomic E-state index is 10.8. The average molecular weight is 257 g/mol. The predicted molar refractivity (Wildman–Crippen MR) is 70.5 cm³/mol. The molecule has 0 radical (unpaired) electrons. The Bertz CT molecular complexity index is 517. The van der Waals surface area contributed by atoms with E-state index in [9.17, 15) is 4.79 Å². The van der Waals surface area contributed by atoms with Gasteiger partial charge >= 0.3 is 6.09 Å². The molecule has 1 aromatic heterocycles. The summed E-state index contributed by atoms with van der Waals surface area (Å²) in [5.74, 6) is -0.0522. The maximum Gasteiger partial charge on any atom is 0.404 e. The third-order valence-electron chi connectivity index (χ3n) is 2.76. The summed E-state index contributed by atoms with van der Waals surface area (Å²) in [4.78, 5) is 10.8. The van der Waals surface area contributed by atoms with Crippen molar-refractivity contribution in [3.63, 3.8) is 0 Å². The van der Waals surface area contributed by atoms with E-state index in [4.69, 9.17) is 10.5 Å². The molecule has 5 heteroatoms. The maximum atomic E-state index is 10.8. The molecule has 2 aromatic rings. The second-order valence-electron chi connectivity index (χ2n) is 4.17. The molecule has 0 aliphatic carbocycles. The summed E-state index contributed by atoms with van der Waals surface area (Å²) in [7, 11) is 0. The van der Waals surface area contributed by atoms with Gasteiger partial charge in [0, 0.05) is 12.1 Å². The Kier molecular flexibility index (Phi) is 4.44. The van der Waals surface area contributed by atoms with Gasteiger partial charge in [0.15, 0.2) is 0 Å². The van der Waals surface area contributed by atoms with E-state index in [1.54, 1.807) is 6.20 Å². The highest BCUT2D eigenvalue weighted by atomic mass is 16.5. The van der Waals surface area contributed by atoms with Gasteiger partial charge in [0.1, 0.15) is 6.61 Å². The Balaban J connectivity index is 2.12. The van der Waals surface area contributed by atoms with Gasteiger partial charge < -0.3 is 10.5 Å². The molecule has 0 spiro atoms. The Morgan fingerprint density at radius 1 is 1.21 bits per heavy atom. The van der Waals surface area contributed by atoms with Gasteiger partial charge in [0.25, 0.3) is 0 Å². The van der Waals surface area contributed by atoms with Crippen LogP contribution in [0.3, 0.4) is 0 Å². The molecule has 0 aliphatic rings. The van der Waals surface area contributed by atoms with E-state index in [-0.39, 0.29) is 12.5 Å². The molecule has 2 N–H and O–H groups in total. The van der Waals surface area contributed by atoms with E-state index in [2.05, 4.69) is 10.2 Å². The van der Waals surface area contributed by atoms with Crippen molar-refractivity contribution in [1.82, 2.24) is 10.2 Å². The number of hydrogen-bond donors (Lipinski definition) is 1. The first-order valence-corrected chi connectivity index (χ1v) is 5.99. The molecule has 0 saturated heterocycles. The van der Waals surface area contributed by atoms with Crippen molar-refractivity contribution in [2.75, 3.05) is 6.61 Å². The number of benzene rings is 1. The summed E-state index contributed by atoms with van der Waals surface area (Å²) in [5, 5.41) is 7.92. The summed E-state index contributed by atoms with van der Waals surface area (Å²) < 4.78 is 4.90. The van der Waals surface area contributed by atoms with Crippen LogP contribution in [-0.2, 0) is 11.2 Å². The Hall–Kier alpha value is -2.43. The lowest BCUT2D eigenvalue weighted by atomic mass is 9.97. The monoisotopic (exact) mass is 257 g/mol. The van der Waals surface area contributed by atoms with Gasteiger partial charge in [0.2, 0.25) is 0 Å². The highest BCUT2D eigenvalue weighted by Crippen LogP contribution is 2.19. The molecule has 0 bridgehead atoms. The lowest BCUT2D eigenvalue weighted by molar-refractivity contribution is 0.148. The number of nitrogens with two attached hydrogens (primary N) is 1. The standard InChI is InChI=1S/C14H15N3O2/c15-14(18)19-10-12(13-7-4-8-16-17-13)9-11-5-2-1-3-6-11/h1-8,12H,9-10H2,(H2,15,18). The zero-order chi connectivity index (χ0) is 13.5. The molecule has 0 saturated carbocycles. The number of carbonyl (C=O) groups is 1. The van der Waals surface area contributed by atoms with E-state index >= 15 is 0 Å². The van der Waals surface area contributed by atoms with Crippen LogP contribution in [0, 0.1) is 0 Å². The topological polar surface area (TPSA) is 78.1 Å². The van der Waals surface area contributed by atoms with Crippen LogP contribution in [0.5, 0.6) is 0 Å². The molecule has 1 unspecified atom stereocenters. The van der Waals surface area contributed by atoms with E-state index in [0.717, 1.165) is 11.3 Å². The first-order valence-electron chi connectivity index (χ1n) is 5.99. The third-order valence-corrected chi connectivity index (χ3v) is 2.76. The number of hydrogen-bond acceptors (Lipinski definition) is 4. The molecular formula is C14H15N3O2. The lowest BCUT2D eigenvalue weighted by Crippen LogP contribution is -2.20. The number of amides is 1. The van der Waals surface area contributed by atoms with Crippen LogP contribution in [0.1, 0.15) is 17.2 Å². The number of carbonyl (C=O) groups excluding carboxylic acids is 1. The van der Waals surface area contributed by atoms with Crippen LogP contribution in [0.4, 0.5) is 4.79 Å². The molecule has 1 heterocycles.